The van der Waals surface area contributed by atoms with Gasteiger partial charge in [-0.05, 0) is 12.0 Å². The van der Waals surface area contributed by atoms with Gasteiger partial charge in [-0.2, -0.15) is 0 Å². The minimum Gasteiger partial charge on any atom is -0.354 e. The topological polar surface area (TPSA) is 66.5 Å². The van der Waals surface area contributed by atoms with Crippen molar-refractivity contribution in [2.24, 2.45) is 0 Å². The fourth-order valence-corrected chi connectivity index (χ4v) is 3.02. The van der Waals surface area contributed by atoms with Crippen LogP contribution in [-0.4, -0.2) is 40.8 Å². The quantitative estimate of drug-likeness (QED) is 0.873. The molecule has 1 unspecified atom stereocenters. The first-order valence-corrected chi connectivity index (χ1v) is 7.91. The van der Waals surface area contributed by atoms with E-state index >= 15 is 0 Å². The molecular formula is C15H18N2O3S. The van der Waals surface area contributed by atoms with Crippen molar-refractivity contribution in [1.82, 2.24) is 10.2 Å². The van der Waals surface area contributed by atoms with Crippen molar-refractivity contribution >= 4 is 28.8 Å². The van der Waals surface area contributed by atoms with Crippen LogP contribution in [0.3, 0.4) is 0 Å². The van der Waals surface area contributed by atoms with Gasteiger partial charge in [-0.25, -0.2) is 0 Å². The van der Waals surface area contributed by atoms with Gasteiger partial charge < -0.3 is 5.32 Å². The van der Waals surface area contributed by atoms with Crippen molar-refractivity contribution < 1.29 is 14.4 Å². The molecule has 1 saturated heterocycles. The molecule has 6 heteroatoms. The van der Waals surface area contributed by atoms with Crippen LogP contribution in [0.1, 0.15) is 24.8 Å². The number of nitrogens with zero attached hydrogens (tertiary/aromatic N) is 1. The molecule has 1 aliphatic rings. The first-order valence-electron chi connectivity index (χ1n) is 6.93. The first kappa shape index (κ1) is 15.6. The molecule has 112 valence electrons. The van der Waals surface area contributed by atoms with E-state index < -0.39 is 0 Å². The summed E-state index contributed by atoms with van der Waals surface area (Å²) >= 11 is 1.00. The Hall–Kier alpha value is -1.82. The minimum atomic E-state index is -0.232. The zero-order chi connectivity index (χ0) is 15.2. The summed E-state index contributed by atoms with van der Waals surface area (Å²) in [6.45, 7) is 2.49. The van der Waals surface area contributed by atoms with Gasteiger partial charge in [0.2, 0.25) is 11.8 Å². The molecule has 0 spiro atoms. The highest BCUT2D eigenvalue weighted by Crippen LogP contribution is 2.20. The van der Waals surface area contributed by atoms with Gasteiger partial charge in [0.05, 0.1) is 11.7 Å². The lowest BCUT2D eigenvalue weighted by Gasteiger charge is -2.17. The molecule has 0 bridgehead atoms. The largest absolute Gasteiger partial charge is 0.354 e. The molecule has 0 aliphatic carbocycles. The Morgan fingerprint density at radius 2 is 2.05 bits per heavy atom. The average molecular weight is 306 g/mol. The van der Waals surface area contributed by atoms with Crippen LogP contribution in [0.25, 0.3) is 0 Å². The van der Waals surface area contributed by atoms with Gasteiger partial charge in [0.1, 0.15) is 0 Å². The normalized spacial score (nSPS) is 16.1. The number of amides is 3. The Bertz CT molecular complexity index is 517. The van der Waals surface area contributed by atoms with Crippen LogP contribution in [0, 0.1) is 0 Å². The van der Waals surface area contributed by atoms with Crippen LogP contribution < -0.4 is 5.32 Å². The summed E-state index contributed by atoms with van der Waals surface area (Å²) in [5.74, 6) is -0.260. The maximum absolute atomic E-state index is 12.2. The predicted molar refractivity (Wildman–Crippen MR) is 82.1 cm³/mol. The summed E-state index contributed by atoms with van der Waals surface area (Å²) in [6.07, 6.45) is 0.702. The Morgan fingerprint density at radius 1 is 1.33 bits per heavy atom. The van der Waals surface area contributed by atoms with Crippen LogP contribution in [-0.2, 0) is 9.59 Å². The summed E-state index contributed by atoms with van der Waals surface area (Å²) in [5, 5.41) is 2.57. The Labute approximate surface area is 128 Å². The van der Waals surface area contributed by atoms with Crippen LogP contribution in [0.15, 0.2) is 30.3 Å². The molecule has 2 rings (SSSR count). The van der Waals surface area contributed by atoms with Crippen molar-refractivity contribution in [3.8, 4) is 0 Å². The third-order valence-electron chi connectivity index (χ3n) is 3.40. The van der Waals surface area contributed by atoms with E-state index in [1.165, 1.54) is 4.90 Å². The van der Waals surface area contributed by atoms with E-state index in [-0.39, 0.29) is 35.3 Å². The molecule has 1 atom stereocenters. The molecule has 0 aromatic heterocycles. The zero-order valence-electron chi connectivity index (χ0n) is 11.9. The number of carbonyl (C=O) groups is 3. The first-order chi connectivity index (χ1) is 10.1. The number of benzene rings is 1. The van der Waals surface area contributed by atoms with E-state index in [2.05, 4.69) is 5.32 Å². The third kappa shape index (κ3) is 3.85. The number of thioether (sulfide) groups is 1. The van der Waals surface area contributed by atoms with Crippen LogP contribution in [0.4, 0.5) is 4.79 Å². The van der Waals surface area contributed by atoms with Gasteiger partial charge in [0, 0.05) is 13.1 Å². The lowest BCUT2D eigenvalue weighted by Crippen LogP contribution is -2.39. The van der Waals surface area contributed by atoms with Crippen molar-refractivity contribution in [1.29, 1.82) is 0 Å². The lowest BCUT2D eigenvalue weighted by molar-refractivity contribution is -0.126. The van der Waals surface area contributed by atoms with Gasteiger partial charge in [0.15, 0.2) is 0 Å². The highest BCUT2D eigenvalue weighted by molar-refractivity contribution is 8.14. The van der Waals surface area contributed by atoms with Crippen LogP contribution in [0.2, 0.25) is 0 Å². The number of hydrogen-bond acceptors (Lipinski definition) is 4. The van der Waals surface area contributed by atoms with Gasteiger partial charge in [-0.1, -0.05) is 49.0 Å². The number of hydrogen-bond donors (Lipinski definition) is 1. The summed E-state index contributed by atoms with van der Waals surface area (Å²) in [6, 6.07) is 9.58. The Kier molecular flexibility index (Phi) is 5.38. The fourth-order valence-electron chi connectivity index (χ4n) is 2.27. The van der Waals surface area contributed by atoms with Crippen LogP contribution >= 0.6 is 11.8 Å². The van der Waals surface area contributed by atoms with Gasteiger partial charge in [-0.3, -0.25) is 19.3 Å². The Balaban J connectivity index is 1.86. The van der Waals surface area contributed by atoms with Gasteiger partial charge in [-0.15, -0.1) is 0 Å². The van der Waals surface area contributed by atoms with Gasteiger partial charge in [0.25, 0.3) is 5.24 Å². The summed E-state index contributed by atoms with van der Waals surface area (Å²) < 4.78 is 0. The standard InChI is InChI=1S/C15H18N2O3S/c1-2-12(11-6-4-3-5-7-11)14(19)16-8-9-17-13(18)10-21-15(17)20/h3-7,12H,2,8-10H2,1H3,(H,16,19). The Morgan fingerprint density at radius 3 is 2.62 bits per heavy atom. The molecule has 21 heavy (non-hydrogen) atoms. The van der Waals surface area contributed by atoms with Crippen LogP contribution in [0.5, 0.6) is 0 Å². The number of imide groups is 1. The smallest absolute Gasteiger partial charge is 0.288 e. The van der Waals surface area contributed by atoms with Gasteiger partial charge >= 0.3 is 0 Å². The summed E-state index contributed by atoms with van der Waals surface area (Å²) in [7, 11) is 0. The zero-order valence-corrected chi connectivity index (χ0v) is 12.7. The monoisotopic (exact) mass is 306 g/mol. The predicted octanol–water partition coefficient (Wildman–Crippen LogP) is 1.99. The lowest BCUT2D eigenvalue weighted by atomic mass is 9.96. The fraction of sp³-hybridized carbons (Fsp3) is 0.400. The van der Waals surface area contributed by atoms with Crippen molar-refractivity contribution in [3.05, 3.63) is 35.9 Å². The molecule has 1 N–H and O–H groups in total. The van der Waals surface area contributed by atoms with E-state index in [9.17, 15) is 14.4 Å². The van der Waals surface area contributed by atoms with E-state index in [0.29, 0.717) is 13.0 Å². The molecular weight excluding hydrogens is 288 g/mol. The highest BCUT2D eigenvalue weighted by Gasteiger charge is 2.29. The molecule has 5 nitrogen and oxygen atoms in total. The second-order valence-electron chi connectivity index (χ2n) is 4.76. The van der Waals surface area contributed by atoms with E-state index in [4.69, 9.17) is 0 Å². The maximum atomic E-state index is 12.2. The van der Waals surface area contributed by atoms with E-state index in [1.807, 2.05) is 37.3 Å². The SMILES string of the molecule is CCC(C(=O)NCCN1C(=O)CSC1=O)c1ccccc1. The molecule has 1 aliphatic heterocycles. The molecule has 1 aromatic carbocycles. The molecule has 1 heterocycles. The van der Waals surface area contributed by atoms with Crippen molar-refractivity contribution in [3.63, 3.8) is 0 Å². The summed E-state index contributed by atoms with van der Waals surface area (Å²) in [4.78, 5) is 36.3. The average Bonchev–Trinajstić information content (AvgIpc) is 2.81. The minimum absolute atomic E-state index is 0.0737. The second-order valence-corrected chi connectivity index (χ2v) is 5.69. The molecule has 0 radical (unpaired) electrons. The number of rotatable bonds is 6. The molecule has 1 fully saturated rings. The van der Waals surface area contributed by atoms with Crippen molar-refractivity contribution in [2.75, 3.05) is 18.8 Å². The molecule has 1 aromatic rings. The number of carbonyl (C=O) groups excluding carboxylic acids is 3. The molecule has 3 amide bonds. The second kappa shape index (κ2) is 7.26. The number of nitrogens with one attached hydrogen (secondary N) is 1. The summed E-state index contributed by atoms with van der Waals surface area (Å²) in [5.41, 5.74) is 0.974. The van der Waals surface area contributed by atoms with Crippen molar-refractivity contribution in [2.45, 2.75) is 19.3 Å². The van der Waals surface area contributed by atoms with E-state index in [1.54, 1.807) is 0 Å². The van der Waals surface area contributed by atoms with E-state index in [0.717, 1.165) is 17.3 Å². The third-order valence-corrected chi connectivity index (χ3v) is 4.26. The molecule has 0 saturated carbocycles. The maximum Gasteiger partial charge on any atom is 0.288 e. The highest BCUT2D eigenvalue weighted by atomic mass is 32.2.